The molecule has 0 aromatic rings. The third kappa shape index (κ3) is 9.08. The standard InChI is InChI=1S/C7H13NO3.C4H3NO2/c1-2-6(9)8-5-3-4-7(10)11;6-3-1-2-4(7)5-3/h2-5H2,1H3,(H,8,9)(H,10,11);1-2H,(H,5,6,7). The molecule has 1 aliphatic heterocycles. The lowest BCUT2D eigenvalue weighted by atomic mass is 10.3. The topological polar surface area (TPSA) is 113 Å². The second-order valence-corrected chi connectivity index (χ2v) is 3.39. The molecule has 0 aromatic heterocycles. The maximum Gasteiger partial charge on any atom is 0.303 e. The van der Waals surface area contributed by atoms with Crippen LogP contribution in [0, 0.1) is 0 Å². The van der Waals surface area contributed by atoms with E-state index in [1.165, 1.54) is 12.2 Å². The Kier molecular flexibility index (Phi) is 7.83. The zero-order valence-corrected chi connectivity index (χ0v) is 10.1. The van der Waals surface area contributed by atoms with Crippen LogP contribution in [-0.2, 0) is 19.2 Å². The molecule has 0 saturated heterocycles. The Hall–Kier alpha value is -2.18. The summed E-state index contributed by atoms with van der Waals surface area (Å²) in [6, 6.07) is 0. The summed E-state index contributed by atoms with van der Waals surface area (Å²) in [6.07, 6.45) is 3.46. The maximum atomic E-state index is 10.6. The van der Waals surface area contributed by atoms with Gasteiger partial charge in [0.2, 0.25) is 5.91 Å². The molecule has 0 saturated carbocycles. The van der Waals surface area contributed by atoms with E-state index in [0.717, 1.165) is 0 Å². The van der Waals surface area contributed by atoms with E-state index >= 15 is 0 Å². The lowest BCUT2D eigenvalue weighted by molar-refractivity contribution is -0.137. The number of hydrogen-bond donors (Lipinski definition) is 3. The predicted molar refractivity (Wildman–Crippen MR) is 62.5 cm³/mol. The predicted octanol–water partition coefficient (Wildman–Crippen LogP) is -0.424. The van der Waals surface area contributed by atoms with E-state index in [9.17, 15) is 19.2 Å². The average Bonchev–Trinajstić information content (AvgIpc) is 2.69. The number of rotatable bonds is 5. The minimum atomic E-state index is -0.823. The molecule has 100 valence electrons. The first kappa shape index (κ1) is 15.8. The van der Waals surface area contributed by atoms with Gasteiger partial charge in [0.05, 0.1) is 0 Å². The monoisotopic (exact) mass is 256 g/mol. The van der Waals surface area contributed by atoms with Crippen molar-refractivity contribution in [1.82, 2.24) is 10.6 Å². The summed E-state index contributed by atoms with van der Waals surface area (Å²) in [4.78, 5) is 40.7. The first-order valence-corrected chi connectivity index (χ1v) is 5.47. The summed E-state index contributed by atoms with van der Waals surface area (Å²) in [5.41, 5.74) is 0. The van der Waals surface area contributed by atoms with Crippen LogP contribution in [-0.4, -0.2) is 35.3 Å². The van der Waals surface area contributed by atoms with Gasteiger partial charge in [0, 0.05) is 31.5 Å². The Morgan fingerprint density at radius 1 is 1.28 bits per heavy atom. The van der Waals surface area contributed by atoms with Crippen molar-refractivity contribution < 1.29 is 24.3 Å². The number of amides is 3. The highest BCUT2D eigenvalue weighted by molar-refractivity contribution is 6.12. The highest BCUT2D eigenvalue weighted by Gasteiger charge is 2.06. The SMILES string of the molecule is CCC(=O)NCCCC(=O)O.O=C1C=CC(=O)N1. The lowest BCUT2D eigenvalue weighted by Gasteiger charge is -1.99. The molecule has 3 amide bonds. The van der Waals surface area contributed by atoms with Crippen LogP contribution in [0.4, 0.5) is 0 Å². The van der Waals surface area contributed by atoms with Gasteiger partial charge in [0.25, 0.3) is 11.8 Å². The van der Waals surface area contributed by atoms with Crippen molar-refractivity contribution in [3.05, 3.63) is 12.2 Å². The first-order chi connectivity index (χ1) is 8.45. The molecule has 3 N–H and O–H groups in total. The van der Waals surface area contributed by atoms with Crippen LogP contribution < -0.4 is 10.6 Å². The van der Waals surface area contributed by atoms with Crippen LogP contribution in [0.1, 0.15) is 26.2 Å². The van der Waals surface area contributed by atoms with Gasteiger partial charge in [0.15, 0.2) is 0 Å². The van der Waals surface area contributed by atoms with Crippen LogP contribution in [0.2, 0.25) is 0 Å². The van der Waals surface area contributed by atoms with E-state index < -0.39 is 5.97 Å². The molecule has 0 spiro atoms. The molecule has 0 aromatic carbocycles. The lowest BCUT2D eigenvalue weighted by Crippen LogP contribution is -2.23. The van der Waals surface area contributed by atoms with E-state index in [4.69, 9.17) is 5.11 Å². The van der Waals surface area contributed by atoms with Gasteiger partial charge >= 0.3 is 5.97 Å². The zero-order valence-electron chi connectivity index (χ0n) is 10.1. The quantitative estimate of drug-likeness (QED) is 0.456. The average molecular weight is 256 g/mol. The summed E-state index contributed by atoms with van der Waals surface area (Å²) in [7, 11) is 0. The largest absolute Gasteiger partial charge is 0.481 e. The molecular weight excluding hydrogens is 240 g/mol. The summed E-state index contributed by atoms with van der Waals surface area (Å²) >= 11 is 0. The molecule has 1 aliphatic rings. The van der Waals surface area contributed by atoms with Gasteiger partial charge in [-0.1, -0.05) is 6.92 Å². The van der Waals surface area contributed by atoms with Crippen molar-refractivity contribution in [2.24, 2.45) is 0 Å². The normalized spacial score (nSPS) is 12.5. The van der Waals surface area contributed by atoms with E-state index in [-0.39, 0.29) is 24.1 Å². The fourth-order valence-corrected chi connectivity index (χ4v) is 0.949. The fraction of sp³-hybridized carbons (Fsp3) is 0.455. The molecule has 0 bridgehead atoms. The first-order valence-electron chi connectivity index (χ1n) is 5.47. The van der Waals surface area contributed by atoms with E-state index in [1.54, 1.807) is 6.92 Å². The number of nitrogens with one attached hydrogen (secondary N) is 2. The smallest absolute Gasteiger partial charge is 0.303 e. The van der Waals surface area contributed by atoms with Crippen molar-refractivity contribution in [2.45, 2.75) is 26.2 Å². The van der Waals surface area contributed by atoms with Crippen LogP contribution in [0.25, 0.3) is 0 Å². The Labute approximate surface area is 104 Å². The zero-order chi connectivity index (χ0) is 14.0. The van der Waals surface area contributed by atoms with Crippen LogP contribution in [0.15, 0.2) is 12.2 Å². The molecule has 1 rings (SSSR count). The van der Waals surface area contributed by atoms with Crippen molar-refractivity contribution in [3.63, 3.8) is 0 Å². The van der Waals surface area contributed by atoms with Gasteiger partial charge < -0.3 is 10.4 Å². The second kappa shape index (κ2) is 8.91. The van der Waals surface area contributed by atoms with E-state index in [1.807, 2.05) is 5.32 Å². The maximum absolute atomic E-state index is 10.6. The molecule has 0 radical (unpaired) electrons. The molecule has 7 nitrogen and oxygen atoms in total. The molecule has 0 aliphatic carbocycles. The third-order valence-corrected chi connectivity index (χ3v) is 1.84. The summed E-state index contributed by atoms with van der Waals surface area (Å²) in [6.45, 7) is 2.21. The second-order valence-electron chi connectivity index (χ2n) is 3.39. The number of carboxylic acids is 1. The van der Waals surface area contributed by atoms with Crippen molar-refractivity contribution in [3.8, 4) is 0 Å². The fourth-order valence-electron chi connectivity index (χ4n) is 0.949. The van der Waals surface area contributed by atoms with Crippen LogP contribution >= 0.6 is 0 Å². The van der Waals surface area contributed by atoms with Gasteiger partial charge in [-0.3, -0.25) is 24.5 Å². The van der Waals surface area contributed by atoms with Crippen molar-refractivity contribution in [2.75, 3.05) is 6.54 Å². The summed E-state index contributed by atoms with van der Waals surface area (Å²) < 4.78 is 0. The molecule has 0 fully saturated rings. The molecule has 1 heterocycles. The number of carboxylic acid groups (broad SMARTS) is 1. The molecule has 18 heavy (non-hydrogen) atoms. The summed E-state index contributed by atoms with van der Waals surface area (Å²) in [5.74, 6) is -1.51. The van der Waals surface area contributed by atoms with E-state index in [2.05, 4.69) is 5.32 Å². The number of carbonyl (C=O) groups is 4. The van der Waals surface area contributed by atoms with Gasteiger partial charge in [0.1, 0.15) is 0 Å². The van der Waals surface area contributed by atoms with Gasteiger partial charge in [-0.15, -0.1) is 0 Å². The number of carbonyl (C=O) groups excluding carboxylic acids is 3. The van der Waals surface area contributed by atoms with Crippen molar-refractivity contribution >= 4 is 23.7 Å². The third-order valence-electron chi connectivity index (χ3n) is 1.84. The van der Waals surface area contributed by atoms with Gasteiger partial charge in [-0.25, -0.2) is 0 Å². The minimum Gasteiger partial charge on any atom is -0.481 e. The number of aliphatic carboxylic acids is 1. The number of imide groups is 1. The Morgan fingerprint density at radius 2 is 1.83 bits per heavy atom. The van der Waals surface area contributed by atoms with Crippen molar-refractivity contribution in [1.29, 1.82) is 0 Å². The molecule has 0 unspecified atom stereocenters. The highest BCUT2D eigenvalue weighted by atomic mass is 16.4. The van der Waals surface area contributed by atoms with Gasteiger partial charge in [-0.2, -0.15) is 0 Å². The van der Waals surface area contributed by atoms with Crippen LogP contribution in [0.5, 0.6) is 0 Å². The van der Waals surface area contributed by atoms with E-state index in [0.29, 0.717) is 19.4 Å². The molecule has 0 atom stereocenters. The Bertz CT molecular complexity index is 346. The molecular formula is C11H16N2O5. The summed E-state index contributed by atoms with van der Waals surface area (Å²) in [5, 5.41) is 12.8. The Morgan fingerprint density at radius 3 is 2.17 bits per heavy atom. The number of hydrogen-bond acceptors (Lipinski definition) is 4. The van der Waals surface area contributed by atoms with Gasteiger partial charge in [-0.05, 0) is 6.42 Å². The van der Waals surface area contributed by atoms with Crippen LogP contribution in [0.3, 0.4) is 0 Å². The highest BCUT2D eigenvalue weighted by Crippen LogP contribution is 1.86. The Balaban J connectivity index is 0.000000351. The minimum absolute atomic E-state index is 0.0320. The molecule has 7 heteroatoms.